The summed E-state index contributed by atoms with van der Waals surface area (Å²) >= 11 is 0. The molecule has 0 radical (unpaired) electrons. The van der Waals surface area contributed by atoms with Crippen LogP contribution in [0.5, 0.6) is 0 Å². The van der Waals surface area contributed by atoms with Crippen LogP contribution in [0.4, 0.5) is 0 Å². The quantitative estimate of drug-likeness (QED) is 0.829. The second-order valence-corrected chi connectivity index (χ2v) is 5.23. The summed E-state index contributed by atoms with van der Waals surface area (Å²) in [6, 6.07) is 15.2. The van der Waals surface area contributed by atoms with Crippen molar-refractivity contribution in [2.24, 2.45) is 0 Å². The average molecular weight is 255 g/mol. The molecule has 1 heterocycles. The minimum Gasteiger partial charge on any atom is -0.377 e. The zero-order valence-electron chi connectivity index (χ0n) is 11.3. The lowest BCUT2D eigenvalue weighted by Crippen LogP contribution is -2.27. The van der Waals surface area contributed by atoms with Gasteiger partial charge in [-0.15, -0.1) is 0 Å². The van der Waals surface area contributed by atoms with Crippen LogP contribution < -0.4 is 5.32 Å². The highest BCUT2D eigenvalue weighted by Crippen LogP contribution is 2.18. The Morgan fingerprint density at radius 2 is 2.00 bits per heavy atom. The van der Waals surface area contributed by atoms with Crippen LogP contribution in [0.3, 0.4) is 0 Å². The van der Waals surface area contributed by atoms with E-state index in [1.807, 2.05) is 0 Å². The smallest absolute Gasteiger partial charge is 0.0700 e. The second kappa shape index (κ2) is 6.18. The van der Waals surface area contributed by atoms with Gasteiger partial charge < -0.3 is 10.1 Å². The lowest BCUT2D eigenvalue weighted by molar-refractivity contribution is 0.110. The maximum atomic E-state index is 5.61. The average Bonchev–Trinajstić information content (AvgIpc) is 2.97. The van der Waals surface area contributed by atoms with Crippen molar-refractivity contribution in [1.82, 2.24) is 5.32 Å². The van der Waals surface area contributed by atoms with Crippen molar-refractivity contribution < 1.29 is 4.74 Å². The monoisotopic (exact) mass is 255 g/mol. The summed E-state index contributed by atoms with van der Waals surface area (Å²) in [7, 11) is 0. The van der Waals surface area contributed by atoms with Gasteiger partial charge in [0.1, 0.15) is 0 Å². The number of hydrogen-bond donors (Lipinski definition) is 1. The lowest BCUT2D eigenvalue weighted by Gasteiger charge is -2.11. The molecule has 1 saturated heterocycles. The summed E-state index contributed by atoms with van der Waals surface area (Å²) in [6.07, 6.45) is 3.94. The normalized spacial score (nSPS) is 19.1. The molecule has 0 amide bonds. The third-order valence-electron chi connectivity index (χ3n) is 3.85. The molecule has 0 spiro atoms. The van der Waals surface area contributed by atoms with Gasteiger partial charge in [-0.3, -0.25) is 0 Å². The maximum Gasteiger partial charge on any atom is 0.0700 e. The highest BCUT2D eigenvalue weighted by molar-refractivity contribution is 5.85. The van der Waals surface area contributed by atoms with Gasteiger partial charge in [-0.25, -0.2) is 0 Å². The van der Waals surface area contributed by atoms with Gasteiger partial charge in [0.25, 0.3) is 0 Å². The van der Waals surface area contributed by atoms with Crippen molar-refractivity contribution in [2.45, 2.75) is 25.4 Å². The second-order valence-electron chi connectivity index (χ2n) is 5.23. The fraction of sp³-hybridized carbons (Fsp3) is 0.412. The van der Waals surface area contributed by atoms with Gasteiger partial charge in [-0.1, -0.05) is 42.5 Å². The molecule has 1 unspecified atom stereocenters. The number of fused-ring (bicyclic) bond motifs is 1. The van der Waals surface area contributed by atoms with Crippen molar-refractivity contribution >= 4 is 10.8 Å². The number of hydrogen-bond acceptors (Lipinski definition) is 2. The molecule has 100 valence electrons. The predicted octanol–water partition coefficient (Wildman–Crippen LogP) is 3.15. The van der Waals surface area contributed by atoms with Gasteiger partial charge in [-0.2, -0.15) is 0 Å². The fourth-order valence-electron chi connectivity index (χ4n) is 2.80. The van der Waals surface area contributed by atoms with Crippen LogP contribution in [0.25, 0.3) is 10.8 Å². The summed E-state index contributed by atoms with van der Waals surface area (Å²) in [5.41, 5.74) is 1.43. The van der Waals surface area contributed by atoms with E-state index < -0.39 is 0 Å². The first-order chi connectivity index (χ1) is 9.43. The molecular formula is C17H21NO. The Hall–Kier alpha value is -1.38. The number of benzene rings is 2. The van der Waals surface area contributed by atoms with Crippen molar-refractivity contribution in [3.05, 3.63) is 48.0 Å². The zero-order valence-corrected chi connectivity index (χ0v) is 11.3. The van der Waals surface area contributed by atoms with E-state index in [1.54, 1.807) is 0 Å². The number of ether oxygens (including phenoxy) is 1. The maximum absolute atomic E-state index is 5.61. The third-order valence-corrected chi connectivity index (χ3v) is 3.85. The highest BCUT2D eigenvalue weighted by Gasteiger charge is 2.14. The molecule has 2 nitrogen and oxygen atoms in total. The first-order valence-corrected chi connectivity index (χ1v) is 7.22. The van der Waals surface area contributed by atoms with Crippen LogP contribution in [0.1, 0.15) is 18.4 Å². The van der Waals surface area contributed by atoms with Crippen LogP contribution in [-0.2, 0) is 11.2 Å². The van der Waals surface area contributed by atoms with Crippen molar-refractivity contribution in [1.29, 1.82) is 0 Å². The van der Waals surface area contributed by atoms with Gasteiger partial charge in [-0.05, 0) is 42.1 Å². The Kier molecular flexibility index (Phi) is 4.11. The van der Waals surface area contributed by atoms with E-state index in [0.29, 0.717) is 6.10 Å². The molecule has 1 N–H and O–H groups in total. The summed E-state index contributed by atoms with van der Waals surface area (Å²) in [5.74, 6) is 0. The lowest BCUT2D eigenvalue weighted by atomic mass is 10.0. The van der Waals surface area contributed by atoms with E-state index in [0.717, 1.165) is 26.1 Å². The molecule has 0 bridgehead atoms. The van der Waals surface area contributed by atoms with E-state index >= 15 is 0 Å². The highest BCUT2D eigenvalue weighted by atomic mass is 16.5. The number of rotatable bonds is 5. The SMILES string of the molecule is c1ccc2c(CCNCC3CCCO3)cccc2c1. The minimum absolute atomic E-state index is 0.438. The largest absolute Gasteiger partial charge is 0.377 e. The van der Waals surface area contributed by atoms with E-state index in [4.69, 9.17) is 4.74 Å². The summed E-state index contributed by atoms with van der Waals surface area (Å²) < 4.78 is 5.61. The van der Waals surface area contributed by atoms with Gasteiger partial charge in [0, 0.05) is 13.2 Å². The third kappa shape index (κ3) is 3.14. The van der Waals surface area contributed by atoms with Crippen molar-refractivity contribution in [3.63, 3.8) is 0 Å². The Morgan fingerprint density at radius 3 is 2.89 bits per heavy atom. The van der Waals surface area contributed by atoms with Gasteiger partial charge in [0.2, 0.25) is 0 Å². The van der Waals surface area contributed by atoms with E-state index in [2.05, 4.69) is 47.8 Å². The van der Waals surface area contributed by atoms with Gasteiger partial charge >= 0.3 is 0 Å². The number of nitrogens with one attached hydrogen (secondary N) is 1. The van der Waals surface area contributed by atoms with Crippen LogP contribution in [0, 0.1) is 0 Å². The molecule has 19 heavy (non-hydrogen) atoms. The topological polar surface area (TPSA) is 21.3 Å². The van der Waals surface area contributed by atoms with Crippen LogP contribution >= 0.6 is 0 Å². The molecule has 1 aliphatic rings. The predicted molar refractivity (Wildman–Crippen MR) is 79.5 cm³/mol. The molecule has 0 saturated carbocycles. The summed E-state index contributed by atoms with van der Waals surface area (Å²) in [6.45, 7) is 2.95. The van der Waals surface area contributed by atoms with Crippen LogP contribution in [0.2, 0.25) is 0 Å². The van der Waals surface area contributed by atoms with Gasteiger partial charge in [0.15, 0.2) is 0 Å². The van der Waals surface area contributed by atoms with Crippen molar-refractivity contribution in [2.75, 3.05) is 19.7 Å². The van der Waals surface area contributed by atoms with E-state index in [9.17, 15) is 0 Å². The van der Waals surface area contributed by atoms with Crippen molar-refractivity contribution in [3.8, 4) is 0 Å². The molecule has 1 atom stereocenters. The Balaban J connectivity index is 1.56. The molecule has 0 aliphatic carbocycles. The molecular weight excluding hydrogens is 234 g/mol. The molecule has 1 aliphatic heterocycles. The fourth-order valence-corrected chi connectivity index (χ4v) is 2.80. The van der Waals surface area contributed by atoms with Gasteiger partial charge in [0.05, 0.1) is 6.10 Å². The Morgan fingerprint density at radius 1 is 1.11 bits per heavy atom. The Bertz CT molecular complexity index is 526. The molecule has 0 aromatic heterocycles. The molecule has 2 heteroatoms. The summed E-state index contributed by atoms with van der Waals surface area (Å²) in [5, 5.41) is 6.23. The molecule has 2 aromatic carbocycles. The van der Waals surface area contributed by atoms with Crippen LogP contribution in [0.15, 0.2) is 42.5 Å². The summed E-state index contributed by atoms with van der Waals surface area (Å²) in [4.78, 5) is 0. The molecule has 3 rings (SSSR count). The first-order valence-electron chi connectivity index (χ1n) is 7.22. The molecule has 1 fully saturated rings. The van der Waals surface area contributed by atoms with Crippen LogP contribution in [-0.4, -0.2) is 25.8 Å². The Labute approximate surface area is 114 Å². The van der Waals surface area contributed by atoms with E-state index in [1.165, 1.54) is 29.2 Å². The minimum atomic E-state index is 0.438. The first kappa shape index (κ1) is 12.6. The molecule has 2 aromatic rings. The zero-order chi connectivity index (χ0) is 12.9. The standard InChI is InChI=1S/C17H21NO/c1-2-9-17-14(5-1)6-3-7-15(17)10-11-18-13-16-8-4-12-19-16/h1-3,5-7,9,16,18H,4,8,10-13H2. The van der Waals surface area contributed by atoms with E-state index in [-0.39, 0.29) is 0 Å².